The van der Waals surface area contributed by atoms with Crippen LogP contribution in [0.3, 0.4) is 0 Å². The first-order valence-corrected chi connectivity index (χ1v) is 5.33. The SMILES string of the molecule is O=C(Cl)c1ccc(-c2nc(Cl)c(Cl)o2)cc1. The predicted octanol–water partition coefficient (Wildman–Crippen LogP) is 4.03. The van der Waals surface area contributed by atoms with Crippen molar-refractivity contribution >= 4 is 40.0 Å². The van der Waals surface area contributed by atoms with E-state index in [0.717, 1.165) is 0 Å². The zero-order chi connectivity index (χ0) is 11.7. The molecule has 0 radical (unpaired) electrons. The summed E-state index contributed by atoms with van der Waals surface area (Å²) in [5, 5.41) is -0.377. The lowest BCUT2D eigenvalue weighted by Gasteiger charge is -1.96. The van der Waals surface area contributed by atoms with E-state index in [4.69, 9.17) is 39.2 Å². The van der Waals surface area contributed by atoms with Crippen LogP contribution < -0.4 is 0 Å². The van der Waals surface area contributed by atoms with E-state index in [-0.39, 0.29) is 10.4 Å². The summed E-state index contributed by atoms with van der Waals surface area (Å²) in [6.07, 6.45) is 0. The van der Waals surface area contributed by atoms with Gasteiger partial charge in [-0.15, -0.1) is 0 Å². The molecule has 0 spiro atoms. The number of halogens is 3. The fourth-order valence-corrected chi connectivity index (χ4v) is 1.51. The Morgan fingerprint density at radius 3 is 2.25 bits per heavy atom. The summed E-state index contributed by atoms with van der Waals surface area (Å²) < 4.78 is 5.11. The molecule has 0 atom stereocenters. The van der Waals surface area contributed by atoms with E-state index >= 15 is 0 Å². The van der Waals surface area contributed by atoms with Crippen molar-refractivity contribution in [2.75, 3.05) is 0 Å². The number of carbonyl (C=O) groups is 1. The number of hydrogen-bond acceptors (Lipinski definition) is 3. The van der Waals surface area contributed by atoms with E-state index in [1.54, 1.807) is 24.3 Å². The maximum absolute atomic E-state index is 10.8. The maximum atomic E-state index is 10.8. The Labute approximate surface area is 106 Å². The zero-order valence-electron chi connectivity index (χ0n) is 7.71. The van der Waals surface area contributed by atoms with E-state index in [9.17, 15) is 4.79 Å². The van der Waals surface area contributed by atoms with Gasteiger partial charge in [0.2, 0.25) is 11.1 Å². The number of oxazole rings is 1. The van der Waals surface area contributed by atoms with Gasteiger partial charge < -0.3 is 4.42 Å². The minimum Gasteiger partial charge on any atom is -0.423 e. The fraction of sp³-hybridized carbons (Fsp3) is 0. The van der Waals surface area contributed by atoms with E-state index in [1.807, 2.05) is 0 Å². The van der Waals surface area contributed by atoms with E-state index in [0.29, 0.717) is 17.0 Å². The smallest absolute Gasteiger partial charge is 0.252 e. The zero-order valence-corrected chi connectivity index (χ0v) is 9.97. The van der Waals surface area contributed by atoms with Gasteiger partial charge in [0.15, 0.2) is 5.15 Å². The van der Waals surface area contributed by atoms with Crippen LogP contribution in [0.2, 0.25) is 10.4 Å². The Kier molecular flexibility index (Phi) is 3.19. The molecule has 6 heteroatoms. The lowest BCUT2D eigenvalue weighted by molar-refractivity contribution is 0.108. The third kappa shape index (κ3) is 2.21. The standard InChI is InChI=1S/C10H4Cl3NO2/c11-7-9(13)16-10(14-7)6-3-1-5(2-4-6)8(12)15/h1-4H. The monoisotopic (exact) mass is 275 g/mol. The van der Waals surface area contributed by atoms with Crippen LogP contribution >= 0.6 is 34.8 Å². The molecule has 1 aromatic carbocycles. The quantitative estimate of drug-likeness (QED) is 0.778. The summed E-state index contributed by atoms with van der Waals surface area (Å²) in [6.45, 7) is 0. The highest BCUT2D eigenvalue weighted by Crippen LogP contribution is 2.28. The second kappa shape index (κ2) is 4.45. The van der Waals surface area contributed by atoms with Crippen LogP contribution in [0.1, 0.15) is 10.4 Å². The van der Waals surface area contributed by atoms with Crippen LogP contribution in [-0.2, 0) is 0 Å². The maximum Gasteiger partial charge on any atom is 0.252 e. The number of benzene rings is 1. The third-order valence-electron chi connectivity index (χ3n) is 1.91. The molecule has 0 fully saturated rings. The van der Waals surface area contributed by atoms with E-state index in [2.05, 4.69) is 4.98 Å². The lowest BCUT2D eigenvalue weighted by Crippen LogP contribution is -1.87. The van der Waals surface area contributed by atoms with Gasteiger partial charge in [-0.1, -0.05) is 11.6 Å². The minimum atomic E-state index is -0.519. The highest BCUT2D eigenvalue weighted by atomic mass is 35.5. The Bertz CT molecular complexity index is 514. The molecule has 0 aliphatic heterocycles. The molecule has 0 aliphatic rings. The highest BCUT2D eigenvalue weighted by Gasteiger charge is 2.11. The summed E-state index contributed by atoms with van der Waals surface area (Å²) in [5.41, 5.74) is 1.06. The second-order valence-electron chi connectivity index (χ2n) is 2.93. The Morgan fingerprint density at radius 2 is 1.81 bits per heavy atom. The van der Waals surface area contributed by atoms with Gasteiger partial charge in [-0.3, -0.25) is 4.79 Å². The third-order valence-corrected chi connectivity index (χ3v) is 2.73. The van der Waals surface area contributed by atoms with Crippen LogP contribution in [-0.4, -0.2) is 10.2 Å². The van der Waals surface area contributed by atoms with Crippen LogP contribution in [0.15, 0.2) is 28.7 Å². The first kappa shape index (κ1) is 11.5. The van der Waals surface area contributed by atoms with Crippen molar-refractivity contribution in [2.45, 2.75) is 0 Å². The van der Waals surface area contributed by atoms with Gasteiger partial charge in [0.05, 0.1) is 0 Å². The molecule has 3 nitrogen and oxygen atoms in total. The topological polar surface area (TPSA) is 43.1 Å². The second-order valence-corrected chi connectivity index (χ2v) is 3.98. The first-order valence-electron chi connectivity index (χ1n) is 4.20. The molecule has 0 aliphatic carbocycles. The molecule has 1 heterocycles. The van der Waals surface area contributed by atoms with E-state index in [1.165, 1.54) is 0 Å². The number of rotatable bonds is 2. The largest absolute Gasteiger partial charge is 0.423 e. The highest BCUT2D eigenvalue weighted by molar-refractivity contribution is 6.67. The summed E-state index contributed by atoms with van der Waals surface area (Å²) >= 11 is 16.6. The molecule has 0 bridgehead atoms. The molecular formula is C10H4Cl3NO2. The average molecular weight is 277 g/mol. The Balaban J connectivity index is 2.38. The number of carbonyl (C=O) groups excluding carboxylic acids is 1. The normalized spacial score (nSPS) is 10.4. The molecule has 0 unspecified atom stereocenters. The van der Waals surface area contributed by atoms with Crippen LogP contribution in [0.25, 0.3) is 11.5 Å². The van der Waals surface area contributed by atoms with Gasteiger partial charge in [0.25, 0.3) is 5.24 Å². The van der Waals surface area contributed by atoms with Crippen molar-refractivity contribution in [1.82, 2.24) is 4.98 Å². The van der Waals surface area contributed by atoms with Crippen molar-refractivity contribution in [2.24, 2.45) is 0 Å². The molecule has 0 saturated heterocycles. The van der Waals surface area contributed by atoms with Gasteiger partial charge in [0, 0.05) is 11.1 Å². The predicted molar refractivity (Wildman–Crippen MR) is 62.1 cm³/mol. The molecule has 2 rings (SSSR count). The molecule has 0 N–H and O–H groups in total. The van der Waals surface area contributed by atoms with Gasteiger partial charge in [-0.25, -0.2) is 0 Å². The van der Waals surface area contributed by atoms with Crippen molar-refractivity contribution in [3.8, 4) is 11.5 Å². The fourth-order valence-electron chi connectivity index (χ4n) is 1.15. The lowest BCUT2D eigenvalue weighted by atomic mass is 10.1. The van der Waals surface area contributed by atoms with Gasteiger partial charge in [-0.2, -0.15) is 4.98 Å². The van der Waals surface area contributed by atoms with Gasteiger partial charge in [0.1, 0.15) is 0 Å². The molecule has 2 aromatic rings. The van der Waals surface area contributed by atoms with Crippen LogP contribution in [0.5, 0.6) is 0 Å². The summed E-state index contributed by atoms with van der Waals surface area (Å²) in [6, 6.07) is 6.43. The number of hydrogen-bond donors (Lipinski definition) is 0. The summed E-state index contributed by atoms with van der Waals surface area (Å²) in [4.78, 5) is 14.7. The van der Waals surface area contributed by atoms with Crippen molar-refractivity contribution in [3.63, 3.8) is 0 Å². The minimum absolute atomic E-state index is 0.0363. The average Bonchev–Trinajstić information content (AvgIpc) is 2.59. The van der Waals surface area contributed by atoms with Crippen LogP contribution in [0, 0.1) is 0 Å². The molecular weight excluding hydrogens is 272 g/mol. The molecule has 0 amide bonds. The van der Waals surface area contributed by atoms with Crippen molar-refractivity contribution in [3.05, 3.63) is 40.2 Å². The van der Waals surface area contributed by atoms with Crippen molar-refractivity contribution in [1.29, 1.82) is 0 Å². The number of aromatic nitrogens is 1. The summed E-state index contributed by atoms with van der Waals surface area (Å²) in [5.74, 6) is 0.295. The first-order chi connectivity index (χ1) is 7.58. The van der Waals surface area contributed by atoms with E-state index < -0.39 is 5.24 Å². The number of nitrogens with zero attached hydrogens (tertiary/aromatic N) is 1. The molecule has 1 aromatic heterocycles. The van der Waals surface area contributed by atoms with Crippen molar-refractivity contribution < 1.29 is 9.21 Å². The van der Waals surface area contributed by atoms with Crippen LogP contribution in [0.4, 0.5) is 0 Å². The van der Waals surface area contributed by atoms with Gasteiger partial charge >= 0.3 is 0 Å². The Morgan fingerprint density at radius 1 is 1.19 bits per heavy atom. The van der Waals surface area contributed by atoms with Gasteiger partial charge in [-0.05, 0) is 47.5 Å². The summed E-state index contributed by atoms with van der Waals surface area (Å²) in [7, 11) is 0. The molecule has 82 valence electrons. The molecule has 16 heavy (non-hydrogen) atoms. The Hall–Kier alpha value is -1.03. The molecule has 0 saturated carbocycles.